The van der Waals surface area contributed by atoms with Gasteiger partial charge in [-0.05, 0) is 133 Å². The Morgan fingerprint density at radius 3 is 1.83 bits per heavy atom. The molecule has 32 heteroatoms. The number of ether oxygens (including phenoxy) is 1. The van der Waals surface area contributed by atoms with Gasteiger partial charge in [0.05, 0.1) is 25.6 Å². The molecule has 0 aromatic carbocycles. The van der Waals surface area contributed by atoms with Crippen LogP contribution in [0.3, 0.4) is 0 Å². The van der Waals surface area contributed by atoms with Crippen LogP contribution in [0.15, 0.2) is 12.2 Å². The zero-order chi connectivity index (χ0) is 78.2. The van der Waals surface area contributed by atoms with Crippen LogP contribution in [0.1, 0.15) is 175 Å². The van der Waals surface area contributed by atoms with E-state index in [2.05, 4.69) is 16.0 Å². The number of fused-ring (bicyclic) bond motifs is 3. The average molecular weight is 1510 g/mol. The lowest BCUT2D eigenvalue weighted by Crippen LogP contribution is -2.68. The SMILES string of the molecule is CCO[C@@H]1C[C@H]2C(=O)NC3(CCC3)C(=O)N(C)[C@@H](C3CCCC3)C(=O)N(C)[C@H](C(=O)N(C)C)CC(=O)N(C)[C@@H](CC3CC3)C(=O)N[C@@H]([C@@H](C)CC)C(=O)N(C)CC(=O)N(C)[C@H]3C/C=C\CCN(C3=O)[C@@H](CC3CCC(F)(F)CC3)C(=O)N(C)CC(=O)N[C@@H](CCC3CC(F)C(C(F)(F)F)C(F)C3)C(=O)N2C1. The van der Waals surface area contributed by atoms with E-state index in [4.69, 9.17) is 4.74 Å². The number of carbonyl (C=O) groups is 12. The third-order valence-corrected chi connectivity index (χ3v) is 24.0. The van der Waals surface area contributed by atoms with Gasteiger partial charge < -0.3 is 64.8 Å². The van der Waals surface area contributed by atoms with Crippen LogP contribution in [-0.2, 0) is 62.3 Å². The second kappa shape index (κ2) is 35.9. The summed E-state index contributed by atoms with van der Waals surface area (Å²) in [5.74, 6) is -17.7. The fourth-order valence-electron chi connectivity index (χ4n) is 16.8. The lowest BCUT2D eigenvalue weighted by Gasteiger charge is -2.46. The van der Waals surface area contributed by atoms with Gasteiger partial charge in [-0.3, -0.25) is 57.5 Å². The molecule has 596 valence electrons. The zero-order valence-corrected chi connectivity index (χ0v) is 63.5. The first-order valence-corrected chi connectivity index (χ1v) is 38.1. The number of likely N-dealkylation sites (N-methyl/N-ethyl adjacent to an activating group) is 7. The molecule has 2 bridgehead atoms. The predicted octanol–water partition coefficient (Wildman–Crippen LogP) is 5.56. The third kappa shape index (κ3) is 20.2. The van der Waals surface area contributed by atoms with Crippen molar-refractivity contribution in [3.8, 4) is 0 Å². The average Bonchev–Trinajstić information content (AvgIpc) is 1.17. The lowest BCUT2D eigenvalue weighted by atomic mass is 9.74. The molecule has 25 nitrogen and oxygen atoms in total. The maximum atomic E-state index is 15.5. The first-order valence-electron chi connectivity index (χ1n) is 38.1. The van der Waals surface area contributed by atoms with E-state index in [9.17, 15) is 50.7 Å². The highest BCUT2D eigenvalue weighted by Gasteiger charge is 2.56. The fourth-order valence-corrected chi connectivity index (χ4v) is 16.8. The molecule has 7 fully saturated rings. The van der Waals surface area contributed by atoms with Crippen molar-refractivity contribution in [1.29, 1.82) is 0 Å². The van der Waals surface area contributed by atoms with Gasteiger partial charge in [0.1, 0.15) is 72.1 Å². The highest BCUT2D eigenvalue weighted by atomic mass is 19.4. The van der Waals surface area contributed by atoms with Crippen LogP contribution in [0.2, 0.25) is 0 Å². The molecule has 8 rings (SSSR count). The largest absolute Gasteiger partial charge is 0.397 e. The molecule has 12 atom stereocenters. The minimum atomic E-state index is -5.20. The van der Waals surface area contributed by atoms with Gasteiger partial charge in [0.2, 0.25) is 76.8 Å². The van der Waals surface area contributed by atoms with Gasteiger partial charge in [0, 0.05) is 95.3 Å². The van der Waals surface area contributed by atoms with Crippen LogP contribution in [0.5, 0.6) is 0 Å². The summed E-state index contributed by atoms with van der Waals surface area (Å²) in [6.07, 6.45) is -7.17. The molecule has 8 aliphatic rings. The number of carbonyl (C=O) groups excluding carboxylic acids is 12. The summed E-state index contributed by atoms with van der Waals surface area (Å²) in [5.41, 5.74) is -1.67. The molecule has 12 amide bonds. The van der Waals surface area contributed by atoms with Gasteiger partial charge in [-0.25, -0.2) is 17.6 Å². The van der Waals surface area contributed by atoms with Crippen molar-refractivity contribution < 1.29 is 93.0 Å². The number of halogens is 7. The van der Waals surface area contributed by atoms with E-state index in [0.29, 0.717) is 38.5 Å². The summed E-state index contributed by atoms with van der Waals surface area (Å²) in [4.78, 5) is 191. The van der Waals surface area contributed by atoms with Gasteiger partial charge in [-0.1, -0.05) is 58.1 Å². The van der Waals surface area contributed by atoms with Gasteiger partial charge in [-0.15, -0.1) is 0 Å². The molecule has 0 radical (unpaired) electrons. The van der Waals surface area contributed by atoms with Crippen molar-refractivity contribution in [3.05, 3.63) is 12.2 Å². The van der Waals surface area contributed by atoms with Gasteiger partial charge in [0.15, 0.2) is 0 Å². The maximum absolute atomic E-state index is 15.5. The summed E-state index contributed by atoms with van der Waals surface area (Å²) in [6, 6.07) is -11.1. The van der Waals surface area contributed by atoms with Crippen molar-refractivity contribution in [2.75, 3.05) is 89.2 Å². The molecule has 1 spiro atoms. The summed E-state index contributed by atoms with van der Waals surface area (Å²) < 4.78 is 108. The van der Waals surface area contributed by atoms with Crippen LogP contribution in [0, 0.1) is 35.5 Å². The molecule has 5 aliphatic carbocycles. The molecule has 2 saturated heterocycles. The molecule has 0 aromatic rings. The van der Waals surface area contributed by atoms with Crippen molar-refractivity contribution in [2.45, 2.75) is 259 Å². The highest BCUT2D eigenvalue weighted by Crippen LogP contribution is 2.46. The van der Waals surface area contributed by atoms with Crippen LogP contribution < -0.4 is 16.0 Å². The number of nitrogens with zero attached hydrogens (tertiary/aromatic N) is 9. The summed E-state index contributed by atoms with van der Waals surface area (Å²) >= 11 is 0. The quantitative estimate of drug-likeness (QED) is 0.151. The minimum Gasteiger partial charge on any atom is -0.377 e. The topological polar surface area (TPSA) is 279 Å². The van der Waals surface area contributed by atoms with Gasteiger partial charge in [0.25, 0.3) is 0 Å². The molecule has 3 N–H and O–H groups in total. The molecule has 2 unspecified atom stereocenters. The number of alkyl halides is 7. The van der Waals surface area contributed by atoms with E-state index in [1.807, 2.05) is 0 Å². The second-order valence-corrected chi connectivity index (χ2v) is 31.7. The highest BCUT2D eigenvalue weighted by molar-refractivity contribution is 6.01. The molecular weight excluding hydrogens is 1400 g/mol. The summed E-state index contributed by atoms with van der Waals surface area (Å²) in [5, 5.41) is 8.47. The zero-order valence-electron chi connectivity index (χ0n) is 63.5. The number of hydrogen-bond acceptors (Lipinski definition) is 13. The maximum Gasteiger partial charge on any atom is 0.397 e. The van der Waals surface area contributed by atoms with E-state index in [1.54, 1.807) is 32.9 Å². The van der Waals surface area contributed by atoms with Crippen molar-refractivity contribution >= 4 is 70.9 Å². The summed E-state index contributed by atoms with van der Waals surface area (Å²) in [7, 11) is 11.0. The first kappa shape index (κ1) is 84.5. The molecule has 5 saturated carbocycles. The molecule has 0 aromatic heterocycles. The Labute approximate surface area is 617 Å². The Balaban J connectivity index is 1.19. The monoisotopic (exact) mass is 1510 g/mol. The van der Waals surface area contributed by atoms with Crippen molar-refractivity contribution in [3.63, 3.8) is 0 Å². The number of hydrogen-bond donors (Lipinski definition) is 3. The first-order chi connectivity index (χ1) is 49.8. The van der Waals surface area contributed by atoms with Crippen LogP contribution in [0.25, 0.3) is 0 Å². The minimum absolute atomic E-state index is 0.0173. The van der Waals surface area contributed by atoms with Crippen molar-refractivity contribution in [2.24, 2.45) is 35.5 Å². The predicted molar refractivity (Wildman–Crippen MR) is 374 cm³/mol. The van der Waals surface area contributed by atoms with Crippen LogP contribution >= 0.6 is 0 Å². The molecule has 106 heavy (non-hydrogen) atoms. The van der Waals surface area contributed by atoms with E-state index in [1.165, 1.54) is 76.0 Å². The Kier molecular flexibility index (Phi) is 28.6. The molecular formula is C74H113F7N12O13. The van der Waals surface area contributed by atoms with E-state index in [0.717, 1.165) is 37.3 Å². The van der Waals surface area contributed by atoms with Crippen molar-refractivity contribution in [1.82, 2.24) is 60.0 Å². The number of amides is 12. The standard InChI is InChI=1S/C74H113F7N12O13/c1-12-43(3)61-69(103)87(7)42-59(96)88(8)52-22-15-14-18-33-92(68(52)102)56(37-45-27-31-73(77,78)32-28-45)67(101)86(6)41-57(94)82-51(26-25-46-34-49(75)60(50(76)35-46)74(79,80)81)65(99)93-40-48(106-13-2)38-54(93)64(98)84-72(29-19-30-72)71(105)91(11)62(47-20-16-17-21-47)70(104)90(10)55(66(100)85(4)5)39-58(95)89(9)53(63(97)83-61)36-44-23-24-44/h14-15,43-56,60-62H,12-13,16-42H2,1-11H3,(H,82,94)(H,83,97)(H,84,98)/b15-14-/t43-,46?,48+,49?,50?,51-,52-,53-,54-,55-,56-,60?,61-,62-/m0/s1. The smallest absolute Gasteiger partial charge is 0.377 e. The van der Waals surface area contributed by atoms with Gasteiger partial charge in [-0.2, -0.15) is 13.2 Å². The molecule has 3 heterocycles. The third-order valence-electron chi connectivity index (χ3n) is 24.0. The van der Waals surface area contributed by atoms with Crippen LogP contribution in [0.4, 0.5) is 30.7 Å². The summed E-state index contributed by atoms with van der Waals surface area (Å²) in [6.45, 7) is 3.43. The Morgan fingerprint density at radius 2 is 1.25 bits per heavy atom. The van der Waals surface area contributed by atoms with E-state index < -0.39 is 237 Å². The number of nitrogens with one attached hydrogen (secondary N) is 3. The normalized spacial score (nSPS) is 32.1. The lowest BCUT2D eigenvalue weighted by molar-refractivity contribution is -0.219. The Morgan fingerprint density at radius 1 is 0.642 bits per heavy atom. The Hall–Kier alpha value is -7.15. The van der Waals surface area contributed by atoms with E-state index >= 15 is 37.5 Å². The van der Waals surface area contributed by atoms with Crippen LogP contribution in [-0.4, -0.2) is 289 Å². The van der Waals surface area contributed by atoms with E-state index in [-0.39, 0.29) is 89.8 Å². The number of rotatable bonds is 13. The fraction of sp³-hybridized carbons (Fsp3) is 0.811. The molecule has 3 aliphatic heterocycles. The van der Waals surface area contributed by atoms with Gasteiger partial charge >= 0.3 is 6.18 Å². The Bertz CT molecular complexity index is 3200. The second-order valence-electron chi connectivity index (χ2n) is 31.7.